The van der Waals surface area contributed by atoms with Crippen molar-refractivity contribution in [3.8, 4) is 0 Å². The third kappa shape index (κ3) is 1.41. The lowest BCUT2D eigenvalue weighted by Crippen LogP contribution is -2.37. The summed E-state index contributed by atoms with van der Waals surface area (Å²) in [5, 5.41) is 0. The molecule has 1 atom stereocenters. The van der Waals surface area contributed by atoms with Gasteiger partial charge in [0, 0.05) is 0 Å². The Morgan fingerprint density at radius 1 is 1.62 bits per heavy atom. The van der Waals surface area contributed by atoms with Gasteiger partial charge < -0.3 is 9.47 Å². The zero-order valence-electron chi connectivity index (χ0n) is 7.46. The van der Waals surface area contributed by atoms with Crippen LogP contribution in [0.4, 0.5) is 0 Å². The fourth-order valence-corrected chi connectivity index (χ4v) is 1.01. The molecule has 0 aromatic rings. The third-order valence-electron chi connectivity index (χ3n) is 1.90. The number of ketones is 1. The van der Waals surface area contributed by atoms with E-state index in [9.17, 15) is 14.4 Å². The van der Waals surface area contributed by atoms with E-state index in [4.69, 9.17) is 0 Å². The van der Waals surface area contributed by atoms with Crippen molar-refractivity contribution in [1.29, 1.82) is 0 Å². The van der Waals surface area contributed by atoms with Crippen molar-refractivity contribution in [1.82, 2.24) is 0 Å². The first-order valence-electron chi connectivity index (χ1n) is 3.91. The number of carbonyl (C=O) groups is 3. The van der Waals surface area contributed by atoms with Gasteiger partial charge in [-0.1, -0.05) is 0 Å². The smallest absolute Gasteiger partial charge is 0.376 e. The molecular weight excluding hydrogens is 176 g/mol. The van der Waals surface area contributed by atoms with E-state index in [1.807, 2.05) is 0 Å². The highest BCUT2D eigenvalue weighted by atomic mass is 16.6. The van der Waals surface area contributed by atoms with Crippen molar-refractivity contribution in [3.63, 3.8) is 0 Å². The molecule has 0 N–H and O–H groups in total. The average Bonchev–Trinajstić information content (AvgIpc) is 2.35. The van der Waals surface area contributed by atoms with Gasteiger partial charge in [-0.25, -0.2) is 4.79 Å². The first kappa shape index (κ1) is 9.70. The lowest BCUT2D eigenvalue weighted by atomic mass is 9.89. The Hall–Kier alpha value is -1.39. The van der Waals surface area contributed by atoms with Crippen LogP contribution in [0.1, 0.15) is 13.8 Å². The largest absolute Gasteiger partial charge is 0.465 e. The number of cyclic esters (lactones) is 1. The van der Waals surface area contributed by atoms with Crippen LogP contribution in [0.3, 0.4) is 0 Å². The monoisotopic (exact) mass is 186 g/mol. The number of esters is 2. The van der Waals surface area contributed by atoms with Crippen LogP contribution in [0.5, 0.6) is 0 Å². The summed E-state index contributed by atoms with van der Waals surface area (Å²) >= 11 is 0. The van der Waals surface area contributed by atoms with E-state index in [2.05, 4.69) is 9.47 Å². The highest BCUT2D eigenvalue weighted by Gasteiger charge is 2.53. The van der Waals surface area contributed by atoms with Gasteiger partial charge in [0.1, 0.15) is 6.61 Å². The maximum Gasteiger partial charge on any atom is 0.376 e. The Balaban J connectivity index is 2.83. The van der Waals surface area contributed by atoms with Gasteiger partial charge >= 0.3 is 11.9 Å². The third-order valence-corrected chi connectivity index (χ3v) is 1.90. The lowest BCUT2D eigenvalue weighted by Gasteiger charge is -2.15. The van der Waals surface area contributed by atoms with Crippen molar-refractivity contribution in [2.45, 2.75) is 13.8 Å². The van der Waals surface area contributed by atoms with Gasteiger partial charge in [-0.05, 0) is 13.8 Å². The van der Waals surface area contributed by atoms with Gasteiger partial charge in [-0.15, -0.1) is 0 Å². The maximum absolute atomic E-state index is 11.2. The summed E-state index contributed by atoms with van der Waals surface area (Å²) in [7, 11) is 0. The average molecular weight is 186 g/mol. The topological polar surface area (TPSA) is 69.7 Å². The van der Waals surface area contributed by atoms with Crippen molar-refractivity contribution < 1.29 is 23.9 Å². The van der Waals surface area contributed by atoms with E-state index in [0.29, 0.717) is 0 Å². The SMILES string of the molecule is CCOC(=O)[C@@]1(C)COC(=O)C1=O. The zero-order valence-corrected chi connectivity index (χ0v) is 7.46. The fraction of sp³-hybridized carbons (Fsp3) is 0.625. The Bertz CT molecular complexity index is 270. The van der Waals surface area contributed by atoms with E-state index in [1.54, 1.807) is 6.92 Å². The molecule has 0 aromatic carbocycles. The van der Waals surface area contributed by atoms with E-state index < -0.39 is 23.1 Å². The molecule has 0 saturated carbocycles. The first-order chi connectivity index (χ1) is 6.02. The molecule has 72 valence electrons. The summed E-state index contributed by atoms with van der Waals surface area (Å²) in [6.07, 6.45) is 0. The first-order valence-corrected chi connectivity index (χ1v) is 3.91. The normalized spacial score (nSPS) is 27.2. The Morgan fingerprint density at radius 3 is 2.62 bits per heavy atom. The summed E-state index contributed by atoms with van der Waals surface area (Å²) < 4.78 is 9.11. The molecule has 5 nitrogen and oxygen atoms in total. The highest BCUT2D eigenvalue weighted by Crippen LogP contribution is 2.26. The molecular formula is C8H10O5. The second-order valence-electron chi connectivity index (χ2n) is 2.96. The number of hydrogen-bond acceptors (Lipinski definition) is 5. The fourth-order valence-electron chi connectivity index (χ4n) is 1.01. The van der Waals surface area contributed by atoms with Crippen molar-refractivity contribution in [3.05, 3.63) is 0 Å². The lowest BCUT2D eigenvalue weighted by molar-refractivity contribution is -0.158. The number of Topliss-reactive ketones (excluding diaryl/α,β-unsaturated/α-hetero) is 1. The molecule has 0 unspecified atom stereocenters. The summed E-state index contributed by atoms with van der Waals surface area (Å²) in [6.45, 7) is 2.93. The summed E-state index contributed by atoms with van der Waals surface area (Å²) in [6, 6.07) is 0. The summed E-state index contributed by atoms with van der Waals surface area (Å²) in [4.78, 5) is 33.1. The van der Waals surface area contributed by atoms with Crippen LogP contribution >= 0.6 is 0 Å². The predicted molar refractivity (Wildman–Crippen MR) is 40.7 cm³/mol. The Labute approximate surface area is 75.0 Å². The Morgan fingerprint density at radius 2 is 2.23 bits per heavy atom. The maximum atomic E-state index is 11.2. The number of ether oxygens (including phenoxy) is 2. The zero-order chi connectivity index (χ0) is 10.1. The molecule has 0 aliphatic carbocycles. The highest BCUT2D eigenvalue weighted by molar-refractivity contribution is 6.41. The van der Waals surface area contributed by atoms with Crippen LogP contribution in [0.2, 0.25) is 0 Å². The van der Waals surface area contributed by atoms with Gasteiger partial charge in [-0.2, -0.15) is 0 Å². The van der Waals surface area contributed by atoms with E-state index in [0.717, 1.165) is 0 Å². The van der Waals surface area contributed by atoms with Crippen LogP contribution in [0.15, 0.2) is 0 Å². The Kier molecular flexibility index (Phi) is 2.36. The van der Waals surface area contributed by atoms with Crippen molar-refractivity contribution in [2.24, 2.45) is 5.41 Å². The quantitative estimate of drug-likeness (QED) is 0.336. The van der Waals surface area contributed by atoms with Crippen LogP contribution in [0, 0.1) is 5.41 Å². The van der Waals surface area contributed by atoms with Crippen LogP contribution in [0.25, 0.3) is 0 Å². The number of hydrogen-bond donors (Lipinski definition) is 0. The summed E-state index contributed by atoms with van der Waals surface area (Å²) in [5.41, 5.74) is -1.44. The van der Waals surface area contributed by atoms with Gasteiger partial charge in [-0.3, -0.25) is 9.59 Å². The minimum Gasteiger partial charge on any atom is -0.465 e. The van der Waals surface area contributed by atoms with E-state index >= 15 is 0 Å². The number of carbonyl (C=O) groups excluding carboxylic acids is 3. The van der Waals surface area contributed by atoms with E-state index in [1.165, 1.54) is 6.92 Å². The second-order valence-corrected chi connectivity index (χ2v) is 2.96. The molecule has 0 radical (unpaired) electrons. The molecule has 1 fully saturated rings. The molecule has 0 bridgehead atoms. The van der Waals surface area contributed by atoms with Gasteiger partial charge in [0.15, 0.2) is 5.41 Å². The van der Waals surface area contributed by atoms with Crippen LogP contribution < -0.4 is 0 Å². The molecule has 0 spiro atoms. The molecule has 5 heteroatoms. The molecule has 1 aliphatic heterocycles. The van der Waals surface area contributed by atoms with E-state index in [-0.39, 0.29) is 13.2 Å². The molecule has 0 aromatic heterocycles. The van der Waals surface area contributed by atoms with Crippen molar-refractivity contribution in [2.75, 3.05) is 13.2 Å². The second kappa shape index (κ2) is 3.16. The van der Waals surface area contributed by atoms with Crippen molar-refractivity contribution >= 4 is 17.7 Å². The van der Waals surface area contributed by atoms with Crippen LogP contribution in [-0.2, 0) is 23.9 Å². The summed E-state index contributed by atoms with van der Waals surface area (Å²) in [5.74, 6) is -2.49. The molecule has 1 aliphatic rings. The molecule has 13 heavy (non-hydrogen) atoms. The van der Waals surface area contributed by atoms with Gasteiger partial charge in [0.2, 0.25) is 0 Å². The number of rotatable bonds is 2. The molecule has 1 rings (SSSR count). The molecule has 1 saturated heterocycles. The molecule has 1 heterocycles. The minimum atomic E-state index is -1.44. The van der Waals surface area contributed by atoms with Gasteiger partial charge in [0.25, 0.3) is 5.78 Å². The standard InChI is InChI=1S/C8H10O5/c1-3-12-7(11)8(2)4-13-6(10)5(8)9/h3-4H2,1-2H3/t8-/m0/s1. The minimum absolute atomic E-state index is 0.176. The predicted octanol–water partition coefficient (Wildman–Crippen LogP) is -0.318. The molecule has 0 amide bonds. The van der Waals surface area contributed by atoms with Crippen LogP contribution in [-0.4, -0.2) is 30.9 Å². The van der Waals surface area contributed by atoms with Gasteiger partial charge in [0.05, 0.1) is 6.61 Å².